The summed E-state index contributed by atoms with van der Waals surface area (Å²) in [6.07, 6.45) is 11.0. The number of hydrogen-bond donors (Lipinski definition) is 1. The molecule has 5 fully saturated rings. The monoisotopic (exact) mass is 451 g/mol. The minimum absolute atomic E-state index is 0.0609. The average molecular weight is 452 g/mol. The lowest BCUT2D eigenvalue weighted by molar-refractivity contribution is -0.0156. The van der Waals surface area contributed by atoms with Crippen LogP contribution in [0.1, 0.15) is 57.4 Å². The van der Waals surface area contributed by atoms with Crippen molar-refractivity contribution in [2.24, 2.45) is 17.8 Å². The van der Waals surface area contributed by atoms with Crippen LogP contribution in [0.5, 0.6) is 0 Å². The van der Waals surface area contributed by atoms with Crippen LogP contribution in [0.3, 0.4) is 0 Å². The summed E-state index contributed by atoms with van der Waals surface area (Å²) >= 11 is 0. The molecule has 0 unspecified atom stereocenters. The molecule has 5 aliphatic rings. The van der Waals surface area contributed by atoms with Gasteiger partial charge in [0.15, 0.2) is 0 Å². The third-order valence-corrected chi connectivity index (χ3v) is 8.36. The van der Waals surface area contributed by atoms with Crippen molar-refractivity contribution >= 4 is 12.1 Å². The summed E-state index contributed by atoms with van der Waals surface area (Å²) in [5.41, 5.74) is 2.49. The molecule has 5 heteroatoms. The highest BCUT2D eigenvalue weighted by Crippen LogP contribution is 2.55. The summed E-state index contributed by atoms with van der Waals surface area (Å²) in [6.45, 7) is 8.35. The number of carbonyl (C=O) groups is 1. The quantitative estimate of drug-likeness (QED) is 0.618. The molecule has 5 nitrogen and oxygen atoms in total. The highest BCUT2D eigenvalue weighted by molar-refractivity contribution is 5.76. The fourth-order valence-corrected chi connectivity index (χ4v) is 7.31. The van der Waals surface area contributed by atoms with Gasteiger partial charge in [-0.1, -0.05) is 42.0 Å². The first-order valence-electron chi connectivity index (χ1n) is 13.2. The molecule has 1 aromatic carbocycles. The molecule has 0 aromatic heterocycles. The van der Waals surface area contributed by atoms with Gasteiger partial charge < -0.3 is 15.0 Å². The predicted molar refractivity (Wildman–Crippen MR) is 133 cm³/mol. The Labute approximate surface area is 199 Å². The van der Waals surface area contributed by atoms with Crippen LogP contribution in [0, 0.1) is 17.8 Å². The van der Waals surface area contributed by atoms with Gasteiger partial charge in [-0.15, -0.1) is 0 Å². The topological polar surface area (TPSA) is 44.8 Å². The summed E-state index contributed by atoms with van der Waals surface area (Å²) in [5, 5.41) is 3.61. The maximum absolute atomic E-state index is 13.7. The molecule has 180 valence electrons. The number of morpholine rings is 1. The Bertz CT molecular complexity index is 796. The van der Waals surface area contributed by atoms with Crippen molar-refractivity contribution < 1.29 is 9.53 Å². The van der Waals surface area contributed by atoms with Crippen LogP contribution in [-0.4, -0.2) is 67.3 Å². The minimum Gasteiger partial charge on any atom is -0.379 e. The summed E-state index contributed by atoms with van der Waals surface area (Å²) in [4.78, 5) is 18.2. The van der Waals surface area contributed by atoms with E-state index in [-0.39, 0.29) is 11.6 Å². The Hall–Kier alpha value is -1.85. The van der Waals surface area contributed by atoms with Crippen molar-refractivity contribution in [3.8, 4) is 0 Å². The third kappa shape index (κ3) is 5.81. The van der Waals surface area contributed by atoms with Crippen molar-refractivity contribution in [3.63, 3.8) is 0 Å². The molecular formula is C28H41N3O2. The molecule has 2 amide bonds. The number of rotatable bonds is 8. The van der Waals surface area contributed by atoms with Crippen LogP contribution in [0.15, 0.2) is 35.9 Å². The number of ether oxygens (including phenoxy) is 1. The van der Waals surface area contributed by atoms with Gasteiger partial charge in [-0.05, 0) is 75.2 Å². The van der Waals surface area contributed by atoms with Gasteiger partial charge >= 0.3 is 6.03 Å². The van der Waals surface area contributed by atoms with Gasteiger partial charge in [-0.25, -0.2) is 4.79 Å². The standard InChI is InChI=1S/C28H41N3O2/c1-22(14-23-6-3-2-4-7-23)21-31(9-5-8-30-10-12-33-13-11-30)27(32)29-28-18-24-15-25(19-28)17-26(16-24)20-28/h2-4,6-7,14,24-26H,5,8-13,15-21H2,1H3,(H,29,32). The van der Waals surface area contributed by atoms with Crippen LogP contribution in [-0.2, 0) is 4.74 Å². The maximum atomic E-state index is 13.7. The second kappa shape index (κ2) is 10.2. The molecule has 0 spiro atoms. The normalized spacial score (nSPS) is 31.5. The first-order chi connectivity index (χ1) is 16.1. The molecule has 0 radical (unpaired) electrons. The number of urea groups is 1. The van der Waals surface area contributed by atoms with E-state index < -0.39 is 0 Å². The molecular weight excluding hydrogens is 410 g/mol. The number of nitrogens with zero attached hydrogens (tertiary/aromatic N) is 2. The molecule has 4 bridgehead atoms. The molecule has 1 N–H and O–H groups in total. The molecule has 1 aromatic rings. The predicted octanol–water partition coefficient (Wildman–Crippen LogP) is 4.79. The molecule has 1 aliphatic heterocycles. The van der Waals surface area contributed by atoms with Crippen molar-refractivity contribution in [3.05, 3.63) is 41.5 Å². The number of nitrogens with one attached hydrogen (secondary N) is 1. The van der Waals surface area contributed by atoms with Gasteiger partial charge in [0.25, 0.3) is 0 Å². The third-order valence-electron chi connectivity index (χ3n) is 8.36. The van der Waals surface area contributed by atoms with Crippen LogP contribution in [0.4, 0.5) is 4.79 Å². The van der Waals surface area contributed by atoms with E-state index in [1.165, 1.54) is 49.7 Å². The summed E-state index contributed by atoms with van der Waals surface area (Å²) < 4.78 is 5.49. The first-order valence-corrected chi connectivity index (χ1v) is 13.2. The van der Waals surface area contributed by atoms with Crippen LogP contribution >= 0.6 is 0 Å². The lowest BCUT2D eigenvalue weighted by Gasteiger charge is -2.57. The number of hydrogen-bond acceptors (Lipinski definition) is 3. The highest BCUT2D eigenvalue weighted by atomic mass is 16.5. The molecule has 1 saturated heterocycles. The second-order valence-corrected chi connectivity index (χ2v) is 11.3. The van der Waals surface area contributed by atoms with E-state index in [1.54, 1.807) is 0 Å². The zero-order chi connectivity index (χ0) is 22.7. The molecule has 6 rings (SSSR count). The Balaban J connectivity index is 1.24. The maximum Gasteiger partial charge on any atom is 0.318 e. The first kappa shape index (κ1) is 22.9. The van der Waals surface area contributed by atoms with Gasteiger partial charge in [0, 0.05) is 38.3 Å². The number of carbonyl (C=O) groups excluding carboxylic acids is 1. The molecule has 33 heavy (non-hydrogen) atoms. The molecule has 4 aliphatic carbocycles. The molecule has 1 heterocycles. The zero-order valence-corrected chi connectivity index (χ0v) is 20.3. The Morgan fingerprint density at radius 1 is 1.09 bits per heavy atom. The van der Waals surface area contributed by atoms with E-state index in [0.717, 1.165) is 63.6 Å². The smallest absolute Gasteiger partial charge is 0.318 e. The van der Waals surface area contributed by atoms with E-state index in [4.69, 9.17) is 4.74 Å². The number of benzene rings is 1. The van der Waals surface area contributed by atoms with E-state index in [0.29, 0.717) is 6.54 Å². The Morgan fingerprint density at radius 3 is 2.36 bits per heavy atom. The fourth-order valence-electron chi connectivity index (χ4n) is 7.31. The van der Waals surface area contributed by atoms with Crippen molar-refractivity contribution in [1.82, 2.24) is 15.1 Å². The lowest BCUT2D eigenvalue weighted by Crippen LogP contribution is -2.62. The SMILES string of the molecule is CC(=Cc1ccccc1)CN(CCCN1CCOCC1)C(=O)NC12CC3CC(CC(C3)C1)C2. The van der Waals surface area contributed by atoms with Crippen LogP contribution in [0.25, 0.3) is 6.08 Å². The van der Waals surface area contributed by atoms with E-state index in [1.807, 2.05) is 6.07 Å². The van der Waals surface area contributed by atoms with E-state index in [9.17, 15) is 4.79 Å². The Kier molecular flexibility index (Phi) is 7.07. The van der Waals surface area contributed by atoms with Gasteiger partial charge in [-0.2, -0.15) is 0 Å². The van der Waals surface area contributed by atoms with Gasteiger partial charge in [0.05, 0.1) is 13.2 Å². The van der Waals surface area contributed by atoms with Crippen LogP contribution in [0.2, 0.25) is 0 Å². The van der Waals surface area contributed by atoms with Gasteiger partial charge in [-0.3, -0.25) is 4.90 Å². The fraction of sp³-hybridized carbons (Fsp3) is 0.679. The van der Waals surface area contributed by atoms with E-state index in [2.05, 4.69) is 52.4 Å². The highest BCUT2D eigenvalue weighted by Gasteiger charge is 2.51. The van der Waals surface area contributed by atoms with Crippen molar-refractivity contribution in [2.75, 3.05) is 45.9 Å². The van der Waals surface area contributed by atoms with Gasteiger partial charge in [0.1, 0.15) is 0 Å². The summed E-state index contributed by atoms with van der Waals surface area (Å²) in [6, 6.07) is 10.6. The second-order valence-electron chi connectivity index (χ2n) is 11.3. The Morgan fingerprint density at radius 2 is 1.73 bits per heavy atom. The van der Waals surface area contributed by atoms with Gasteiger partial charge in [0.2, 0.25) is 0 Å². The number of amides is 2. The minimum atomic E-state index is 0.0609. The molecule has 4 saturated carbocycles. The van der Waals surface area contributed by atoms with Crippen LogP contribution < -0.4 is 5.32 Å². The largest absolute Gasteiger partial charge is 0.379 e. The van der Waals surface area contributed by atoms with Crippen molar-refractivity contribution in [2.45, 2.75) is 57.4 Å². The lowest BCUT2D eigenvalue weighted by atomic mass is 9.53. The molecule has 0 atom stereocenters. The summed E-state index contributed by atoms with van der Waals surface area (Å²) in [5.74, 6) is 2.52. The zero-order valence-electron chi connectivity index (χ0n) is 20.3. The summed E-state index contributed by atoms with van der Waals surface area (Å²) in [7, 11) is 0. The van der Waals surface area contributed by atoms with Crippen molar-refractivity contribution in [1.29, 1.82) is 0 Å². The average Bonchev–Trinajstić information content (AvgIpc) is 2.78. The van der Waals surface area contributed by atoms with E-state index >= 15 is 0 Å².